The largest absolute Gasteiger partial charge is 0.383 e. The van der Waals surface area contributed by atoms with Crippen molar-refractivity contribution in [2.45, 2.75) is 0 Å². The Morgan fingerprint density at radius 2 is 2.25 bits per heavy atom. The number of nitrogens with zero attached hydrogens (tertiary/aromatic N) is 2. The van der Waals surface area contributed by atoms with Gasteiger partial charge in [-0.2, -0.15) is 0 Å². The van der Waals surface area contributed by atoms with E-state index in [0.29, 0.717) is 25.5 Å². The highest BCUT2D eigenvalue weighted by Crippen LogP contribution is 2.12. The Balaban J connectivity index is 2.49. The fourth-order valence-corrected chi connectivity index (χ4v) is 1.63. The third-order valence-electron chi connectivity index (χ3n) is 2.79. The molecule has 1 rings (SSSR count). The second-order valence-electron chi connectivity index (χ2n) is 4.35. The summed E-state index contributed by atoms with van der Waals surface area (Å²) in [6.45, 7) is 2.59. The molecule has 0 aliphatic heterocycles. The van der Waals surface area contributed by atoms with Crippen LogP contribution in [0.1, 0.15) is 10.4 Å². The summed E-state index contributed by atoms with van der Waals surface area (Å²) in [4.78, 5) is 17.8. The van der Waals surface area contributed by atoms with Gasteiger partial charge < -0.3 is 20.3 Å². The molecule has 0 atom stereocenters. The molecule has 0 bridgehead atoms. The molecule has 0 spiro atoms. The fraction of sp³-hybridized carbons (Fsp3) is 0.538. The van der Waals surface area contributed by atoms with Crippen molar-refractivity contribution < 1.29 is 13.9 Å². The minimum absolute atomic E-state index is 0.201. The standard InChI is InChI=1S/C13H21FN4O2/c1-15-12-11(8-10(14)9-17-12)13(19)16-4-5-18(2)6-7-20-3/h8-9H,4-7H2,1-3H3,(H,15,17)(H,16,19). The van der Waals surface area contributed by atoms with Gasteiger partial charge in [-0.15, -0.1) is 0 Å². The van der Waals surface area contributed by atoms with Crippen LogP contribution < -0.4 is 10.6 Å². The van der Waals surface area contributed by atoms with Crippen molar-refractivity contribution in [1.82, 2.24) is 15.2 Å². The summed E-state index contributed by atoms with van der Waals surface area (Å²) in [5.74, 6) is -0.524. The SMILES string of the molecule is CNc1ncc(F)cc1C(=O)NCCN(C)CCOC. The number of likely N-dealkylation sites (N-methyl/N-ethyl adjacent to an activating group) is 1. The van der Waals surface area contributed by atoms with Gasteiger partial charge in [0.2, 0.25) is 0 Å². The highest BCUT2D eigenvalue weighted by Gasteiger charge is 2.13. The lowest BCUT2D eigenvalue weighted by molar-refractivity contribution is 0.0947. The summed E-state index contributed by atoms with van der Waals surface area (Å²) in [5.41, 5.74) is 0.201. The summed E-state index contributed by atoms with van der Waals surface area (Å²) in [6.07, 6.45) is 1.07. The Labute approximate surface area is 118 Å². The van der Waals surface area contributed by atoms with E-state index in [0.717, 1.165) is 12.7 Å². The lowest BCUT2D eigenvalue weighted by Gasteiger charge is -2.16. The molecular formula is C13H21FN4O2. The van der Waals surface area contributed by atoms with Crippen molar-refractivity contribution in [1.29, 1.82) is 0 Å². The van der Waals surface area contributed by atoms with E-state index in [9.17, 15) is 9.18 Å². The minimum atomic E-state index is -0.536. The van der Waals surface area contributed by atoms with Crippen molar-refractivity contribution in [2.75, 3.05) is 52.8 Å². The number of anilines is 1. The zero-order chi connectivity index (χ0) is 15.0. The van der Waals surface area contributed by atoms with E-state index in [1.165, 1.54) is 6.07 Å². The zero-order valence-electron chi connectivity index (χ0n) is 12.1. The van der Waals surface area contributed by atoms with Gasteiger partial charge in [-0.25, -0.2) is 9.37 Å². The van der Waals surface area contributed by atoms with Gasteiger partial charge >= 0.3 is 0 Å². The lowest BCUT2D eigenvalue weighted by Crippen LogP contribution is -2.34. The molecule has 0 radical (unpaired) electrons. The number of carbonyl (C=O) groups excluding carboxylic acids is 1. The van der Waals surface area contributed by atoms with Crippen molar-refractivity contribution in [3.05, 3.63) is 23.6 Å². The summed E-state index contributed by atoms with van der Waals surface area (Å²) in [6, 6.07) is 1.17. The van der Waals surface area contributed by atoms with E-state index in [4.69, 9.17) is 4.74 Å². The van der Waals surface area contributed by atoms with Gasteiger partial charge in [-0.1, -0.05) is 0 Å². The molecule has 7 heteroatoms. The number of pyridine rings is 1. The highest BCUT2D eigenvalue weighted by molar-refractivity contribution is 5.98. The molecule has 112 valence electrons. The molecule has 1 aromatic heterocycles. The normalized spacial score (nSPS) is 10.7. The third kappa shape index (κ3) is 5.10. The predicted octanol–water partition coefficient (Wildman–Crippen LogP) is 0.570. The first-order chi connectivity index (χ1) is 9.58. The average Bonchev–Trinajstić information content (AvgIpc) is 2.44. The molecule has 0 saturated heterocycles. The second-order valence-corrected chi connectivity index (χ2v) is 4.35. The van der Waals surface area contributed by atoms with Crippen LogP contribution in [0.3, 0.4) is 0 Å². The van der Waals surface area contributed by atoms with Gasteiger partial charge in [0, 0.05) is 33.8 Å². The number of amides is 1. The van der Waals surface area contributed by atoms with Crippen LogP contribution in [0.2, 0.25) is 0 Å². The maximum absolute atomic E-state index is 13.1. The van der Waals surface area contributed by atoms with Gasteiger partial charge in [0.1, 0.15) is 11.6 Å². The Morgan fingerprint density at radius 3 is 2.90 bits per heavy atom. The van der Waals surface area contributed by atoms with Crippen LogP contribution in [0.15, 0.2) is 12.3 Å². The molecule has 2 N–H and O–H groups in total. The van der Waals surface area contributed by atoms with Crippen LogP contribution >= 0.6 is 0 Å². The molecular weight excluding hydrogens is 263 g/mol. The Bertz CT molecular complexity index is 442. The zero-order valence-corrected chi connectivity index (χ0v) is 12.1. The molecule has 0 aliphatic rings. The summed E-state index contributed by atoms with van der Waals surface area (Å²) in [7, 11) is 5.22. The van der Waals surface area contributed by atoms with Gasteiger partial charge in [-0.05, 0) is 13.1 Å². The van der Waals surface area contributed by atoms with Crippen LogP contribution in [-0.4, -0.2) is 63.2 Å². The molecule has 1 aromatic rings. The highest BCUT2D eigenvalue weighted by atomic mass is 19.1. The Morgan fingerprint density at radius 1 is 1.50 bits per heavy atom. The van der Waals surface area contributed by atoms with Crippen LogP contribution in [-0.2, 0) is 4.74 Å². The number of aromatic nitrogens is 1. The van der Waals surface area contributed by atoms with Crippen molar-refractivity contribution in [2.24, 2.45) is 0 Å². The number of carbonyl (C=O) groups is 1. The van der Waals surface area contributed by atoms with Crippen molar-refractivity contribution in [3.8, 4) is 0 Å². The maximum Gasteiger partial charge on any atom is 0.255 e. The topological polar surface area (TPSA) is 66.5 Å². The summed E-state index contributed by atoms with van der Waals surface area (Å²) >= 11 is 0. The molecule has 0 unspecified atom stereocenters. The second kappa shape index (κ2) is 8.44. The first-order valence-electron chi connectivity index (χ1n) is 6.37. The predicted molar refractivity (Wildman–Crippen MR) is 75.4 cm³/mol. The van der Waals surface area contributed by atoms with E-state index < -0.39 is 5.82 Å². The number of nitrogens with one attached hydrogen (secondary N) is 2. The van der Waals surface area contributed by atoms with Crippen LogP contribution in [0, 0.1) is 5.82 Å². The van der Waals surface area contributed by atoms with Gasteiger partial charge in [0.05, 0.1) is 18.4 Å². The monoisotopic (exact) mass is 284 g/mol. The molecule has 1 amide bonds. The number of hydrogen-bond acceptors (Lipinski definition) is 5. The van der Waals surface area contributed by atoms with E-state index in [1.807, 2.05) is 11.9 Å². The molecule has 0 fully saturated rings. The molecule has 0 aliphatic carbocycles. The molecule has 6 nitrogen and oxygen atoms in total. The smallest absolute Gasteiger partial charge is 0.255 e. The molecule has 20 heavy (non-hydrogen) atoms. The van der Waals surface area contributed by atoms with Gasteiger partial charge in [-0.3, -0.25) is 4.79 Å². The Hall–Kier alpha value is -1.73. The van der Waals surface area contributed by atoms with E-state index >= 15 is 0 Å². The number of ether oxygens (including phenoxy) is 1. The third-order valence-corrected chi connectivity index (χ3v) is 2.79. The van der Waals surface area contributed by atoms with E-state index in [2.05, 4.69) is 15.6 Å². The number of rotatable bonds is 8. The van der Waals surface area contributed by atoms with Crippen molar-refractivity contribution in [3.63, 3.8) is 0 Å². The van der Waals surface area contributed by atoms with Crippen LogP contribution in [0.25, 0.3) is 0 Å². The van der Waals surface area contributed by atoms with Crippen molar-refractivity contribution >= 4 is 11.7 Å². The number of halogens is 1. The number of methoxy groups -OCH3 is 1. The fourth-order valence-electron chi connectivity index (χ4n) is 1.63. The van der Waals surface area contributed by atoms with Gasteiger partial charge in [0.15, 0.2) is 0 Å². The number of hydrogen-bond donors (Lipinski definition) is 2. The maximum atomic E-state index is 13.1. The lowest BCUT2D eigenvalue weighted by atomic mass is 10.2. The average molecular weight is 284 g/mol. The van der Waals surface area contributed by atoms with Gasteiger partial charge in [0.25, 0.3) is 5.91 Å². The molecule has 0 saturated carbocycles. The van der Waals surface area contributed by atoms with Crippen LogP contribution in [0.5, 0.6) is 0 Å². The minimum Gasteiger partial charge on any atom is -0.383 e. The first kappa shape index (κ1) is 16.3. The van der Waals surface area contributed by atoms with Crippen LogP contribution in [0.4, 0.5) is 10.2 Å². The summed E-state index contributed by atoms with van der Waals surface area (Å²) < 4.78 is 18.1. The van der Waals surface area contributed by atoms with E-state index in [-0.39, 0.29) is 11.5 Å². The molecule has 1 heterocycles. The summed E-state index contributed by atoms with van der Waals surface area (Å²) in [5, 5.41) is 5.51. The molecule has 0 aromatic carbocycles. The quantitative estimate of drug-likeness (QED) is 0.730. The Kier molecular flexibility index (Phi) is 6.89. The first-order valence-corrected chi connectivity index (χ1v) is 6.37. The van der Waals surface area contributed by atoms with E-state index in [1.54, 1.807) is 14.2 Å².